The van der Waals surface area contributed by atoms with Gasteiger partial charge in [0, 0.05) is 18.7 Å². The molecule has 1 aliphatic heterocycles. The second-order valence-corrected chi connectivity index (χ2v) is 9.32. The zero-order valence-electron chi connectivity index (χ0n) is 19.8. The van der Waals surface area contributed by atoms with Crippen LogP contribution < -0.4 is 10.1 Å². The van der Waals surface area contributed by atoms with Crippen molar-refractivity contribution in [3.8, 4) is 5.75 Å². The summed E-state index contributed by atoms with van der Waals surface area (Å²) >= 11 is 0. The zero-order valence-corrected chi connectivity index (χ0v) is 19.8. The Hall–Kier alpha value is -3.35. The lowest BCUT2D eigenvalue weighted by Crippen LogP contribution is -2.52. The van der Waals surface area contributed by atoms with E-state index in [1.807, 2.05) is 52.0 Å². The highest BCUT2D eigenvalue weighted by atomic mass is 16.5. The van der Waals surface area contributed by atoms with E-state index >= 15 is 0 Å². The van der Waals surface area contributed by atoms with Crippen LogP contribution in [-0.2, 0) is 4.79 Å². The average molecular weight is 449 g/mol. The quantitative estimate of drug-likeness (QED) is 0.560. The first-order valence-corrected chi connectivity index (χ1v) is 11.5. The summed E-state index contributed by atoms with van der Waals surface area (Å²) in [4.78, 5) is 35.5. The van der Waals surface area contributed by atoms with Gasteiger partial charge < -0.3 is 19.9 Å². The van der Waals surface area contributed by atoms with Gasteiger partial charge in [-0.15, -0.1) is 0 Å². The van der Waals surface area contributed by atoms with Crippen LogP contribution in [0.4, 0.5) is 0 Å². The molecule has 7 heteroatoms. The van der Waals surface area contributed by atoms with Gasteiger partial charge in [-0.05, 0) is 70.4 Å². The number of aryl methyl sites for hydroxylation is 3. The zero-order chi connectivity index (χ0) is 23.6. The van der Waals surface area contributed by atoms with Gasteiger partial charge in [-0.1, -0.05) is 17.7 Å². The molecule has 1 saturated heterocycles. The van der Waals surface area contributed by atoms with Gasteiger partial charge in [0.1, 0.15) is 18.2 Å². The molecule has 1 fully saturated rings. The Morgan fingerprint density at radius 1 is 1.18 bits per heavy atom. The molecule has 174 valence electrons. The Kier molecular flexibility index (Phi) is 6.40. The van der Waals surface area contributed by atoms with Crippen LogP contribution in [0.15, 0.2) is 36.4 Å². The molecule has 0 spiro atoms. The summed E-state index contributed by atoms with van der Waals surface area (Å²) in [5, 5.41) is 3.01. The van der Waals surface area contributed by atoms with E-state index in [9.17, 15) is 9.59 Å². The summed E-state index contributed by atoms with van der Waals surface area (Å²) in [6, 6.07) is 11.6. The van der Waals surface area contributed by atoms with Crippen LogP contribution in [0.25, 0.3) is 11.0 Å². The van der Waals surface area contributed by atoms with Gasteiger partial charge in [0.15, 0.2) is 0 Å². The fourth-order valence-electron chi connectivity index (χ4n) is 4.55. The maximum Gasteiger partial charge on any atom is 0.253 e. The van der Waals surface area contributed by atoms with Gasteiger partial charge in [0.2, 0.25) is 5.91 Å². The number of amides is 2. The van der Waals surface area contributed by atoms with E-state index in [2.05, 4.69) is 21.4 Å². The highest BCUT2D eigenvalue weighted by Gasteiger charge is 2.39. The topological polar surface area (TPSA) is 87.3 Å². The normalized spacial score (nSPS) is 18.4. The summed E-state index contributed by atoms with van der Waals surface area (Å²) in [5.74, 6) is 1.56. The molecule has 7 nitrogen and oxygen atoms in total. The van der Waals surface area contributed by atoms with Crippen LogP contribution in [0, 0.1) is 26.2 Å². The van der Waals surface area contributed by atoms with Crippen molar-refractivity contribution in [2.45, 2.75) is 40.5 Å². The SMILES string of the molecule is Cc1ccc(OCCNC(=O)[C@]2(C)CCCN(C(=O)c3ccc4nc(C)[nH]c4c3)C2)c(C)c1. The number of carbonyl (C=O) groups is 2. The Morgan fingerprint density at radius 3 is 2.79 bits per heavy atom. The molecular formula is C26H32N4O3. The van der Waals surface area contributed by atoms with E-state index in [1.54, 1.807) is 11.0 Å². The molecule has 1 aromatic heterocycles. The predicted octanol–water partition coefficient (Wildman–Crippen LogP) is 3.93. The highest BCUT2D eigenvalue weighted by molar-refractivity contribution is 5.98. The van der Waals surface area contributed by atoms with E-state index in [0.717, 1.165) is 41.0 Å². The second-order valence-electron chi connectivity index (χ2n) is 9.32. The first-order valence-electron chi connectivity index (χ1n) is 11.5. The van der Waals surface area contributed by atoms with Crippen LogP contribution in [0.1, 0.15) is 47.1 Å². The number of aromatic nitrogens is 2. The number of aromatic amines is 1. The summed E-state index contributed by atoms with van der Waals surface area (Å²) in [6.07, 6.45) is 1.54. The van der Waals surface area contributed by atoms with Gasteiger partial charge in [0.25, 0.3) is 5.91 Å². The van der Waals surface area contributed by atoms with E-state index in [1.165, 1.54) is 5.56 Å². The fraction of sp³-hybridized carbons (Fsp3) is 0.423. The van der Waals surface area contributed by atoms with Crippen molar-refractivity contribution in [1.82, 2.24) is 20.2 Å². The second kappa shape index (κ2) is 9.25. The summed E-state index contributed by atoms with van der Waals surface area (Å²) in [6.45, 7) is 9.77. The van der Waals surface area contributed by atoms with Crippen molar-refractivity contribution >= 4 is 22.8 Å². The third-order valence-electron chi connectivity index (χ3n) is 6.35. The number of H-pyrrole nitrogens is 1. The fourth-order valence-corrected chi connectivity index (χ4v) is 4.55. The molecule has 1 aliphatic rings. The number of imidazole rings is 1. The van der Waals surface area contributed by atoms with E-state index in [-0.39, 0.29) is 11.8 Å². The van der Waals surface area contributed by atoms with Crippen molar-refractivity contribution in [2.75, 3.05) is 26.2 Å². The van der Waals surface area contributed by atoms with Gasteiger partial charge in [-0.2, -0.15) is 0 Å². The number of piperidine rings is 1. The van der Waals surface area contributed by atoms with Crippen molar-refractivity contribution < 1.29 is 14.3 Å². The average Bonchev–Trinajstić information content (AvgIpc) is 3.16. The minimum Gasteiger partial charge on any atom is -0.491 e. The number of nitrogens with zero attached hydrogens (tertiary/aromatic N) is 2. The van der Waals surface area contributed by atoms with E-state index < -0.39 is 5.41 Å². The third kappa shape index (κ3) is 5.02. The minimum atomic E-state index is -0.623. The summed E-state index contributed by atoms with van der Waals surface area (Å²) in [5.41, 5.74) is 3.95. The van der Waals surface area contributed by atoms with Crippen molar-refractivity contribution in [2.24, 2.45) is 5.41 Å². The number of hydrogen-bond donors (Lipinski definition) is 2. The smallest absolute Gasteiger partial charge is 0.253 e. The van der Waals surface area contributed by atoms with E-state index in [4.69, 9.17) is 4.74 Å². The molecule has 2 N–H and O–H groups in total. The molecule has 0 saturated carbocycles. The van der Waals surface area contributed by atoms with Crippen molar-refractivity contribution in [1.29, 1.82) is 0 Å². The number of hydrogen-bond acceptors (Lipinski definition) is 4. The molecule has 2 heterocycles. The maximum absolute atomic E-state index is 13.2. The van der Waals surface area contributed by atoms with Crippen molar-refractivity contribution in [3.05, 3.63) is 58.9 Å². The largest absolute Gasteiger partial charge is 0.491 e. The molecule has 2 aromatic carbocycles. The number of ether oxygens (including phenoxy) is 1. The molecule has 3 aromatic rings. The third-order valence-corrected chi connectivity index (χ3v) is 6.35. The van der Waals surface area contributed by atoms with Crippen LogP contribution in [0.5, 0.6) is 5.75 Å². The first-order chi connectivity index (χ1) is 15.7. The number of likely N-dealkylation sites (tertiary alicyclic amines) is 1. The lowest BCUT2D eigenvalue weighted by atomic mass is 9.80. The Morgan fingerprint density at radius 2 is 2.00 bits per heavy atom. The first kappa shape index (κ1) is 22.8. The summed E-state index contributed by atoms with van der Waals surface area (Å²) in [7, 11) is 0. The lowest BCUT2D eigenvalue weighted by molar-refractivity contribution is -0.132. The number of fused-ring (bicyclic) bond motifs is 1. The molecular weight excluding hydrogens is 416 g/mol. The number of benzene rings is 2. The molecule has 0 aliphatic carbocycles. The van der Waals surface area contributed by atoms with Gasteiger partial charge in [0.05, 0.1) is 23.0 Å². The van der Waals surface area contributed by atoms with Crippen molar-refractivity contribution in [3.63, 3.8) is 0 Å². The predicted molar refractivity (Wildman–Crippen MR) is 128 cm³/mol. The Bertz CT molecular complexity index is 1190. The molecule has 0 bridgehead atoms. The molecule has 33 heavy (non-hydrogen) atoms. The molecule has 4 rings (SSSR count). The minimum absolute atomic E-state index is 0.0381. The van der Waals surface area contributed by atoms with Gasteiger partial charge in [-0.3, -0.25) is 9.59 Å². The molecule has 0 radical (unpaired) electrons. The van der Waals surface area contributed by atoms with Gasteiger partial charge in [-0.25, -0.2) is 4.98 Å². The lowest BCUT2D eigenvalue weighted by Gasteiger charge is -2.39. The van der Waals surface area contributed by atoms with Crippen LogP contribution in [0.2, 0.25) is 0 Å². The molecule has 0 unspecified atom stereocenters. The van der Waals surface area contributed by atoms with Crippen LogP contribution in [-0.4, -0.2) is 52.9 Å². The number of nitrogens with one attached hydrogen (secondary N) is 2. The van der Waals surface area contributed by atoms with Crippen LogP contribution >= 0.6 is 0 Å². The van der Waals surface area contributed by atoms with Gasteiger partial charge >= 0.3 is 0 Å². The Balaban J connectivity index is 1.34. The maximum atomic E-state index is 13.2. The Labute approximate surface area is 194 Å². The standard InChI is InChI=1S/C26H32N4O3/c1-17-6-9-23(18(2)14-17)33-13-11-27-25(32)26(4)10-5-12-30(16-26)24(31)20-7-8-21-22(15-20)29-19(3)28-21/h6-9,14-15H,5,10-13,16H2,1-4H3,(H,27,32)(H,28,29)/t26-/m1/s1. The monoisotopic (exact) mass is 448 g/mol. The number of carbonyl (C=O) groups excluding carboxylic acids is 2. The molecule has 2 amide bonds. The van der Waals surface area contributed by atoms with E-state index in [0.29, 0.717) is 31.8 Å². The number of rotatable bonds is 6. The van der Waals surface area contributed by atoms with Crippen LogP contribution in [0.3, 0.4) is 0 Å². The highest BCUT2D eigenvalue weighted by Crippen LogP contribution is 2.31. The summed E-state index contributed by atoms with van der Waals surface area (Å²) < 4.78 is 5.83. The molecule has 1 atom stereocenters.